The summed E-state index contributed by atoms with van der Waals surface area (Å²) in [5.41, 5.74) is 0.655. The molecule has 8 nitrogen and oxygen atoms in total. The van der Waals surface area contributed by atoms with Crippen molar-refractivity contribution in [2.45, 2.75) is 6.92 Å². The first kappa shape index (κ1) is 20.7. The van der Waals surface area contributed by atoms with Crippen LogP contribution in [0.5, 0.6) is 11.5 Å². The van der Waals surface area contributed by atoms with Crippen molar-refractivity contribution in [2.75, 3.05) is 31.1 Å². The Kier molecular flexibility index (Phi) is 5.72. The number of piperazine rings is 1. The second-order valence-electron chi connectivity index (χ2n) is 7.80. The number of para-hydroxylation sites is 1. The van der Waals surface area contributed by atoms with Crippen molar-refractivity contribution in [3.05, 3.63) is 90.5 Å². The standard InChI is InChI=1S/C25H24N6O2/c1-19-27-23(18-24(28-19)31-13-5-12-26-31)29-14-16-30(17-15-29)25(32)20-8-10-22(11-9-20)33-21-6-3-2-4-7-21/h2-13,18H,14-17H2,1H3. The third kappa shape index (κ3) is 4.69. The van der Waals surface area contributed by atoms with E-state index in [4.69, 9.17) is 4.74 Å². The number of ether oxygens (including phenoxy) is 1. The molecule has 1 aliphatic heterocycles. The van der Waals surface area contributed by atoms with E-state index in [0.717, 1.165) is 17.4 Å². The summed E-state index contributed by atoms with van der Waals surface area (Å²) in [5, 5.41) is 4.26. The number of rotatable bonds is 5. The van der Waals surface area contributed by atoms with Crippen molar-refractivity contribution in [1.29, 1.82) is 0 Å². The van der Waals surface area contributed by atoms with Gasteiger partial charge in [0.1, 0.15) is 23.1 Å². The van der Waals surface area contributed by atoms with Crippen LogP contribution in [0.15, 0.2) is 79.1 Å². The fourth-order valence-corrected chi connectivity index (χ4v) is 3.83. The number of hydrogen-bond acceptors (Lipinski definition) is 6. The molecule has 0 spiro atoms. The lowest BCUT2D eigenvalue weighted by atomic mass is 10.1. The molecule has 0 bridgehead atoms. The summed E-state index contributed by atoms with van der Waals surface area (Å²) in [5.74, 6) is 3.77. The maximum absolute atomic E-state index is 13.0. The van der Waals surface area contributed by atoms with Crippen LogP contribution < -0.4 is 9.64 Å². The van der Waals surface area contributed by atoms with Gasteiger partial charge in [-0.15, -0.1) is 0 Å². The smallest absolute Gasteiger partial charge is 0.253 e. The first-order valence-corrected chi connectivity index (χ1v) is 10.9. The topological polar surface area (TPSA) is 76.4 Å². The van der Waals surface area contributed by atoms with Crippen molar-refractivity contribution in [1.82, 2.24) is 24.6 Å². The van der Waals surface area contributed by atoms with E-state index < -0.39 is 0 Å². The molecule has 4 aromatic rings. The van der Waals surface area contributed by atoms with Gasteiger partial charge in [-0.1, -0.05) is 18.2 Å². The average Bonchev–Trinajstić information content (AvgIpc) is 3.40. The molecule has 1 aliphatic rings. The predicted molar refractivity (Wildman–Crippen MR) is 125 cm³/mol. The molecule has 166 valence electrons. The van der Waals surface area contributed by atoms with Crippen LogP contribution in [0, 0.1) is 6.92 Å². The largest absolute Gasteiger partial charge is 0.457 e. The Bertz CT molecular complexity index is 1220. The number of aryl methyl sites for hydroxylation is 1. The average molecular weight is 441 g/mol. The van der Waals surface area contributed by atoms with Crippen LogP contribution in [0.1, 0.15) is 16.2 Å². The first-order chi connectivity index (χ1) is 16.2. The highest BCUT2D eigenvalue weighted by Crippen LogP contribution is 2.22. The van der Waals surface area contributed by atoms with Gasteiger partial charge in [0, 0.05) is 50.2 Å². The van der Waals surface area contributed by atoms with Crippen molar-refractivity contribution >= 4 is 11.7 Å². The molecule has 0 unspecified atom stereocenters. The highest BCUT2D eigenvalue weighted by atomic mass is 16.5. The monoisotopic (exact) mass is 440 g/mol. The van der Waals surface area contributed by atoms with Crippen molar-refractivity contribution in [3.8, 4) is 17.3 Å². The lowest BCUT2D eigenvalue weighted by Gasteiger charge is -2.35. The highest BCUT2D eigenvalue weighted by molar-refractivity contribution is 5.94. The number of carbonyl (C=O) groups excluding carboxylic acids is 1. The minimum atomic E-state index is 0.0250. The Balaban J connectivity index is 1.22. The minimum absolute atomic E-state index is 0.0250. The second kappa shape index (κ2) is 9.12. The molecule has 5 rings (SSSR count). The first-order valence-electron chi connectivity index (χ1n) is 10.9. The second-order valence-corrected chi connectivity index (χ2v) is 7.80. The van der Waals surface area contributed by atoms with Gasteiger partial charge < -0.3 is 14.5 Å². The van der Waals surface area contributed by atoms with E-state index in [-0.39, 0.29) is 5.91 Å². The van der Waals surface area contributed by atoms with Crippen molar-refractivity contribution in [2.24, 2.45) is 0 Å². The van der Waals surface area contributed by atoms with Gasteiger partial charge in [0.15, 0.2) is 5.82 Å². The number of carbonyl (C=O) groups is 1. The molecular formula is C25H24N6O2. The zero-order chi connectivity index (χ0) is 22.6. The normalized spacial score (nSPS) is 13.7. The minimum Gasteiger partial charge on any atom is -0.457 e. The number of nitrogens with zero attached hydrogens (tertiary/aromatic N) is 6. The maximum atomic E-state index is 13.0. The molecule has 1 fully saturated rings. The molecule has 8 heteroatoms. The van der Waals surface area contributed by atoms with E-state index in [1.165, 1.54) is 0 Å². The zero-order valence-electron chi connectivity index (χ0n) is 18.3. The Morgan fingerprint density at radius 2 is 1.55 bits per heavy atom. The van der Waals surface area contributed by atoms with Crippen LogP contribution in [-0.2, 0) is 0 Å². The lowest BCUT2D eigenvalue weighted by Crippen LogP contribution is -2.49. The highest BCUT2D eigenvalue weighted by Gasteiger charge is 2.23. The van der Waals surface area contributed by atoms with Gasteiger partial charge >= 0.3 is 0 Å². The van der Waals surface area contributed by atoms with Crippen LogP contribution in [-0.4, -0.2) is 56.7 Å². The van der Waals surface area contributed by atoms with E-state index in [1.807, 2.05) is 84.8 Å². The van der Waals surface area contributed by atoms with Gasteiger partial charge in [0.25, 0.3) is 5.91 Å². The van der Waals surface area contributed by atoms with Crippen LogP contribution in [0.4, 0.5) is 5.82 Å². The van der Waals surface area contributed by atoms with E-state index in [9.17, 15) is 4.79 Å². The Labute approximate surface area is 192 Å². The molecule has 0 saturated carbocycles. The SMILES string of the molecule is Cc1nc(N2CCN(C(=O)c3ccc(Oc4ccccc4)cc3)CC2)cc(-n2cccn2)n1. The molecule has 0 N–H and O–H groups in total. The third-order valence-electron chi connectivity index (χ3n) is 5.52. The summed E-state index contributed by atoms with van der Waals surface area (Å²) in [6.45, 7) is 4.54. The van der Waals surface area contributed by atoms with Crippen molar-refractivity contribution < 1.29 is 9.53 Å². The van der Waals surface area contributed by atoms with Crippen LogP contribution in [0.3, 0.4) is 0 Å². The fraction of sp³-hybridized carbons (Fsp3) is 0.200. The summed E-state index contributed by atoms with van der Waals surface area (Å²) in [7, 11) is 0. The molecule has 0 atom stereocenters. The van der Waals surface area contributed by atoms with Gasteiger partial charge in [-0.2, -0.15) is 5.10 Å². The van der Waals surface area contributed by atoms with Crippen molar-refractivity contribution in [3.63, 3.8) is 0 Å². The molecule has 2 aromatic carbocycles. The van der Waals surface area contributed by atoms with E-state index in [0.29, 0.717) is 43.3 Å². The summed E-state index contributed by atoms with van der Waals surface area (Å²) >= 11 is 0. The molecule has 2 aromatic heterocycles. The number of benzene rings is 2. The Morgan fingerprint density at radius 3 is 2.24 bits per heavy atom. The van der Waals surface area contributed by atoms with Gasteiger partial charge in [0.05, 0.1) is 0 Å². The van der Waals surface area contributed by atoms with Crippen LogP contribution in [0.2, 0.25) is 0 Å². The molecule has 1 saturated heterocycles. The number of aromatic nitrogens is 4. The quantitative estimate of drug-likeness (QED) is 0.471. The van der Waals surface area contributed by atoms with E-state index >= 15 is 0 Å². The molecule has 1 amide bonds. The zero-order valence-corrected chi connectivity index (χ0v) is 18.3. The Morgan fingerprint density at radius 1 is 0.848 bits per heavy atom. The summed E-state index contributed by atoms with van der Waals surface area (Å²) in [4.78, 5) is 26.1. The van der Waals surface area contributed by atoms with Gasteiger partial charge in [-0.3, -0.25) is 4.79 Å². The third-order valence-corrected chi connectivity index (χ3v) is 5.52. The molecule has 0 radical (unpaired) electrons. The predicted octanol–water partition coefficient (Wildman–Crippen LogP) is 3.73. The van der Waals surface area contributed by atoms with E-state index in [1.54, 1.807) is 10.9 Å². The van der Waals surface area contributed by atoms with Crippen LogP contribution in [0.25, 0.3) is 5.82 Å². The number of anilines is 1. The number of hydrogen-bond donors (Lipinski definition) is 0. The van der Waals surface area contributed by atoms with Crippen LogP contribution >= 0.6 is 0 Å². The summed E-state index contributed by atoms with van der Waals surface area (Å²) in [6, 6.07) is 20.7. The van der Waals surface area contributed by atoms with Gasteiger partial charge in [-0.05, 0) is 49.4 Å². The fourth-order valence-electron chi connectivity index (χ4n) is 3.83. The summed E-state index contributed by atoms with van der Waals surface area (Å²) < 4.78 is 7.54. The number of amides is 1. The molecule has 33 heavy (non-hydrogen) atoms. The molecule has 0 aliphatic carbocycles. The lowest BCUT2D eigenvalue weighted by molar-refractivity contribution is 0.0746. The Hall–Kier alpha value is -4.20. The van der Waals surface area contributed by atoms with E-state index in [2.05, 4.69) is 20.0 Å². The van der Waals surface area contributed by atoms with Gasteiger partial charge in [0.2, 0.25) is 0 Å². The molecule has 3 heterocycles. The van der Waals surface area contributed by atoms with Gasteiger partial charge in [-0.25, -0.2) is 14.6 Å². The molecular weight excluding hydrogens is 416 g/mol. The maximum Gasteiger partial charge on any atom is 0.253 e. The summed E-state index contributed by atoms with van der Waals surface area (Å²) in [6.07, 6.45) is 3.58.